The van der Waals surface area contributed by atoms with E-state index in [9.17, 15) is 4.79 Å². The van der Waals surface area contributed by atoms with Gasteiger partial charge in [0.25, 0.3) is 0 Å². The van der Waals surface area contributed by atoms with Gasteiger partial charge in [0, 0.05) is 6.04 Å². The third-order valence-corrected chi connectivity index (χ3v) is 3.94. The fourth-order valence-electron chi connectivity index (χ4n) is 2.86. The zero-order valence-corrected chi connectivity index (χ0v) is 10.5. The standard InChI is InChI=1S/C13H25NO2/c1-10(11-6-4-3-5-7-11)8-12(14-2)9-13(15)16/h10-12,14H,3-9H2,1-2H3,(H,15,16). The van der Waals surface area contributed by atoms with E-state index in [0.29, 0.717) is 5.92 Å². The monoisotopic (exact) mass is 227 g/mol. The summed E-state index contributed by atoms with van der Waals surface area (Å²) in [6.07, 6.45) is 8.01. The van der Waals surface area contributed by atoms with Crippen LogP contribution in [0.2, 0.25) is 0 Å². The highest BCUT2D eigenvalue weighted by Crippen LogP contribution is 2.32. The van der Waals surface area contributed by atoms with E-state index in [-0.39, 0.29) is 12.5 Å². The summed E-state index contributed by atoms with van der Waals surface area (Å²) in [7, 11) is 1.86. The molecule has 0 aromatic heterocycles. The van der Waals surface area contributed by atoms with Crippen LogP contribution in [0, 0.1) is 11.8 Å². The molecule has 16 heavy (non-hydrogen) atoms. The molecule has 0 amide bonds. The quantitative estimate of drug-likeness (QED) is 0.733. The van der Waals surface area contributed by atoms with Crippen LogP contribution in [0.3, 0.4) is 0 Å². The molecule has 3 heteroatoms. The summed E-state index contributed by atoms with van der Waals surface area (Å²) in [4.78, 5) is 10.7. The summed E-state index contributed by atoms with van der Waals surface area (Å²) in [5, 5.41) is 11.9. The van der Waals surface area contributed by atoms with Gasteiger partial charge in [0.1, 0.15) is 0 Å². The summed E-state index contributed by atoms with van der Waals surface area (Å²) in [6.45, 7) is 2.28. The van der Waals surface area contributed by atoms with Gasteiger partial charge in [0.15, 0.2) is 0 Å². The lowest BCUT2D eigenvalue weighted by atomic mass is 9.78. The van der Waals surface area contributed by atoms with Gasteiger partial charge in [0.2, 0.25) is 0 Å². The molecular formula is C13H25NO2. The van der Waals surface area contributed by atoms with E-state index in [2.05, 4.69) is 12.2 Å². The van der Waals surface area contributed by atoms with Gasteiger partial charge < -0.3 is 10.4 Å². The number of carboxylic acids is 1. The van der Waals surface area contributed by atoms with Gasteiger partial charge in [-0.1, -0.05) is 39.0 Å². The number of hydrogen-bond acceptors (Lipinski definition) is 2. The molecule has 0 saturated heterocycles. The highest BCUT2D eigenvalue weighted by Gasteiger charge is 2.23. The second-order valence-corrected chi connectivity index (χ2v) is 5.19. The van der Waals surface area contributed by atoms with Crippen molar-refractivity contribution in [1.29, 1.82) is 0 Å². The largest absolute Gasteiger partial charge is 0.481 e. The average Bonchev–Trinajstić information content (AvgIpc) is 2.28. The average molecular weight is 227 g/mol. The fraction of sp³-hybridized carbons (Fsp3) is 0.923. The Morgan fingerprint density at radius 2 is 2.00 bits per heavy atom. The van der Waals surface area contributed by atoms with Crippen molar-refractivity contribution in [1.82, 2.24) is 5.32 Å². The zero-order valence-electron chi connectivity index (χ0n) is 10.5. The summed E-state index contributed by atoms with van der Waals surface area (Å²) in [5.41, 5.74) is 0. The SMILES string of the molecule is CNC(CC(=O)O)CC(C)C1CCCCC1. The third-order valence-electron chi connectivity index (χ3n) is 3.94. The van der Waals surface area contributed by atoms with Crippen molar-refractivity contribution in [2.45, 2.75) is 57.9 Å². The Hall–Kier alpha value is -0.570. The summed E-state index contributed by atoms with van der Waals surface area (Å²) in [6, 6.07) is 0.134. The predicted octanol–water partition coefficient (Wildman–Crippen LogP) is 2.66. The molecule has 2 atom stereocenters. The Balaban J connectivity index is 2.34. The molecule has 1 aliphatic carbocycles. The molecule has 0 radical (unpaired) electrons. The van der Waals surface area contributed by atoms with Crippen LogP contribution in [0.25, 0.3) is 0 Å². The molecule has 3 nitrogen and oxygen atoms in total. The molecule has 0 aliphatic heterocycles. The molecule has 1 fully saturated rings. The third kappa shape index (κ3) is 4.52. The van der Waals surface area contributed by atoms with E-state index in [0.717, 1.165) is 12.3 Å². The number of nitrogens with one attached hydrogen (secondary N) is 1. The number of carbonyl (C=O) groups is 1. The Bertz CT molecular complexity index is 212. The first-order chi connectivity index (χ1) is 7.63. The van der Waals surface area contributed by atoms with Crippen LogP contribution in [0.1, 0.15) is 51.9 Å². The first-order valence-electron chi connectivity index (χ1n) is 6.52. The molecular weight excluding hydrogens is 202 g/mol. The Kier molecular flexibility index (Phi) is 5.81. The van der Waals surface area contributed by atoms with E-state index in [1.807, 2.05) is 7.05 Å². The van der Waals surface area contributed by atoms with Crippen LogP contribution in [0.4, 0.5) is 0 Å². The normalized spacial score (nSPS) is 21.6. The smallest absolute Gasteiger partial charge is 0.304 e. The zero-order chi connectivity index (χ0) is 12.0. The Morgan fingerprint density at radius 3 is 2.50 bits per heavy atom. The molecule has 0 aromatic carbocycles. The van der Waals surface area contributed by atoms with Crippen LogP contribution in [-0.4, -0.2) is 24.2 Å². The van der Waals surface area contributed by atoms with E-state index >= 15 is 0 Å². The maximum absolute atomic E-state index is 10.7. The van der Waals surface area contributed by atoms with Crippen molar-refractivity contribution in [2.24, 2.45) is 11.8 Å². The summed E-state index contributed by atoms with van der Waals surface area (Å²) >= 11 is 0. The molecule has 1 saturated carbocycles. The maximum Gasteiger partial charge on any atom is 0.304 e. The second-order valence-electron chi connectivity index (χ2n) is 5.19. The van der Waals surface area contributed by atoms with Crippen molar-refractivity contribution >= 4 is 5.97 Å². The van der Waals surface area contributed by atoms with Gasteiger partial charge in [-0.2, -0.15) is 0 Å². The van der Waals surface area contributed by atoms with E-state index in [4.69, 9.17) is 5.11 Å². The molecule has 2 unspecified atom stereocenters. The molecule has 0 spiro atoms. The van der Waals surface area contributed by atoms with Crippen molar-refractivity contribution in [2.75, 3.05) is 7.05 Å². The van der Waals surface area contributed by atoms with Gasteiger partial charge in [-0.3, -0.25) is 4.79 Å². The maximum atomic E-state index is 10.7. The van der Waals surface area contributed by atoms with Crippen LogP contribution in [0.5, 0.6) is 0 Å². The van der Waals surface area contributed by atoms with Crippen molar-refractivity contribution in [3.8, 4) is 0 Å². The Morgan fingerprint density at radius 1 is 1.38 bits per heavy atom. The minimum Gasteiger partial charge on any atom is -0.481 e. The first kappa shape index (κ1) is 13.5. The minimum absolute atomic E-state index is 0.134. The predicted molar refractivity (Wildman–Crippen MR) is 65.5 cm³/mol. The van der Waals surface area contributed by atoms with Crippen LogP contribution >= 0.6 is 0 Å². The van der Waals surface area contributed by atoms with Gasteiger partial charge in [-0.05, 0) is 25.3 Å². The van der Waals surface area contributed by atoms with Crippen LogP contribution in [0.15, 0.2) is 0 Å². The van der Waals surface area contributed by atoms with Crippen LogP contribution < -0.4 is 5.32 Å². The van der Waals surface area contributed by atoms with Crippen molar-refractivity contribution in [3.63, 3.8) is 0 Å². The van der Waals surface area contributed by atoms with E-state index in [1.165, 1.54) is 32.1 Å². The number of rotatable bonds is 6. The highest BCUT2D eigenvalue weighted by atomic mass is 16.4. The van der Waals surface area contributed by atoms with Gasteiger partial charge in [-0.15, -0.1) is 0 Å². The molecule has 0 bridgehead atoms. The van der Waals surface area contributed by atoms with Gasteiger partial charge in [0.05, 0.1) is 6.42 Å². The molecule has 94 valence electrons. The minimum atomic E-state index is -0.699. The molecule has 1 aliphatic rings. The number of aliphatic carboxylic acids is 1. The summed E-state index contributed by atoms with van der Waals surface area (Å²) < 4.78 is 0. The molecule has 0 aromatic rings. The lowest BCUT2D eigenvalue weighted by Gasteiger charge is -2.30. The van der Waals surface area contributed by atoms with E-state index < -0.39 is 5.97 Å². The first-order valence-corrected chi connectivity index (χ1v) is 6.52. The number of carboxylic acid groups (broad SMARTS) is 1. The molecule has 2 N–H and O–H groups in total. The fourth-order valence-corrected chi connectivity index (χ4v) is 2.86. The van der Waals surface area contributed by atoms with E-state index in [1.54, 1.807) is 0 Å². The van der Waals surface area contributed by atoms with Crippen LogP contribution in [-0.2, 0) is 4.79 Å². The van der Waals surface area contributed by atoms with Crippen molar-refractivity contribution in [3.05, 3.63) is 0 Å². The topological polar surface area (TPSA) is 49.3 Å². The summed E-state index contributed by atoms with van der Waals surface area (Å²) in [5.74, 6) is 0.769. The second kappa shape index (κ2) is 6.89. The van der Waals surface area contributed by atoms with Crippen molar-refractivity contribution < 1.29 is 9.90 Å². The molecule has 0 heterocycles. The lowest BCUT2D eigenvalue weighted by Crippen LogP contribution is -2.32. The highest BCUT2D eigenvalue weighted by molar-refractivity contribution is 5.67. The Labute approximate surface area is 98.6 Å². The van der Waals surface area contributed by atoms with Gasteiger partial charge >= 0.3 is 5.97 Å². The molecule has 1 rings (SSSR count). The van der Waals surface area contributed by atoms with Gasteiger partial charge in [-0.25, -0.2) is 0 Å². The number of hydrogen-bond donors (Lipinski definition) is 2. The lowest BCUT2D eigenvalue weighted by molar-refractivity contribution is -0.137.